The zero-order valence-electron chi connectivity index (χ0n) is 22.4. The summed E-state index contributed by atoms with van der Waals surface area (Å²) in [4.78, 5) is 18.0. The molecule has 2 unspecified atom stereocenters. The van der Waals surface area contributed by atoms with Crippen LogP contribution in [0.4, 0.5) is 11.4 Å². The third-order valence-corrected chi connectivity index (χ3v) is 8.85. The molecule has 3 aromatic carbocycles. The Balaban J connectivity index is 1.08. The number of carbonyl (C=O) groups is 1. The van der Waals surface area contributed by atoms with Gasteiger partial charge < -0.3 is 19.9 Å². The molecule has 1 saturated carbocycles. The van der Waals surface area contributed by atoms with Crippen LogP contribution < -0.4 is 15.0 Å². The standard InChI is InChI=1S/C32H33N5O2/c1-3-36-14-16-37(17-15-36)23-8-4-21(5-9-23)6-12-28-25-11-7-22(18-30(25)35-34-28)27-20-32(27)26-19-24(39-2)10-13-29(26)33-31(32)38/h4-13,18-19,27H,3,14-17,20H2,1-2H3,(H,33,38)(H,34,35)/b12-6+. The van der Waals surface area contributed by atoms with E-state index in [9.17, 15) is 4.79 Å². The Labute approximate surface area is 228 Å². The van der Waals surface area contributed by atoms with E-state index in [-0.39, 0.29) is 11.8 Å². The van der Waals surface area contributed by atoms with E-state index in [0.29, 0.717) is 0 Å². The van der Waals surface area contributed by atoms with E-state index in [1.165, 1.54) is 5.69 Å². The Hall–Kier alpha value is -4.10. The zero-order valence-corrected chi connectivity index (χ0v) is 22.4. The molecule has 1 spiro atoms. The Morgan fingerprint density at radius 3 is 2.62 bits per heavy atom. The zero-order chi connectivity index (χ0) is 26.6. The number of nitrogens with zero attached hydrogens (tertiary/aromatic N) is 3. The number of piperazine rings is 1. The summed E-state index contributed by atoms with van der Waals surface area (Å²) in [6, 6.07) is 21.0. The first-order chi connectivity index (χ1) is 19.1. The lowest BCUT2D eigenvalue weighted by Gasteiger charge is -2.35. The van der Waals surface area contributed by atoms with E-state index in [4.69, 9.17) is 4.74 Å². The largest absolute Gasteiger partial charge is 0.497 e. The first kappa shape index (κ1) is 24.0. The highest BCUT2D eigenvalue weighted by molar-refractivity contribution is 6.10. The molecular formula is C32H33N5O2. The molecule has 2 atom stereocenters. The lowest BCUT2D eigenvalue weighted by molar-refractivity contribution is -0.118. The van der Waals surface area contributed by atoms with Crippen molar-refractivity contribution in [1.82, 2.24) is 15.1 Å². The van der Waals surface area contributed by atoms with Crippen LogP contribution in [-0.2, 0) is 10.2 Å². The maximum atomic E-state index is 13.0. The molecule has 2 N–H and O–H groups in total. The van der Waals surface area contributed by atoms with Crippen LogP contribution in [0.3, 0.4) is 0 Å². The van der Waals surface area contributed by atoms with Gasteiger partial charge in [-0.05, 0) is 72.1 Å². The van der Waals surface area contributed by atoms with Crippen LogP contribution in [0.25, 0.3) is 23.1 Å². The number of anilines is 2. The van der Waals surface area contributed by atoms with Crippen molar-refractivity contribution < 1.29 is 9.53 Å². The Bertz CT molecular complexity index is 1580. The van der Waals surface area contributed by atoms with Gasteiger partial charge in [0.1, 0.15) is 5.75 Å². The van der Waals surface area contributed by atoms with Crippen molar-refractivity contribution in [1.29, 1.82) is 0 Å². The summed E-state index contributed by atoms with van der Waals surface area (Å²) in [6.45, 7) is 7.78. The summed E-state index contributed by atoms with van der Waals surface area (Å²) in [5, 5.41) is 11.9. The van der Waals surface area contributed by atoms with Gasteiger partial charge in [0, 0.05) is 48.9 Å². The quantitative estimate of drug-likeness (QED) is 0.364. The summed E-state index contributed by atoms with van der Waals surface area (Å²) in [5.74, 6) is 1.000. The molecule has 1 aromatic heterocycles. The third kappa shape index (κ3) is 4.00. The Morgan fingerprint density at radius 2 is 1.85 bits per heavy atom. The van der Waals surface area contributed by atoms with Crippen molar-refractivity contribution in [2.24, 2.45) is 0 Å². The summed E-state index contributed by atoms with van der Waals surface area (Å²) < 4.78 is 5.43. The van der Waals surface area contributed by atoms with Gasteiger partial charge >= 0.3 is 0 Å². The highest BCUT2D eigenvalue weighted by Crippen LogP contribution is 2.65. The molecule has 3 aliphatic rings. The smallest absolute Gasteiger partial charge is 0.235 e. The van der Waals surface area contributed by atoms with E-state index >= 15 is 0 Å². The topological polar surface area (TPSA) is 73.5 Å². The van der Waals surface area contributed by atoms with Crippen LogP contribution in [0.5, 0.6) is 5.75 Å². The van der Waals surface area contributed by atoms with Gasteiger partial charge in [-0.25, -0.2) is 0 Å². The van der Waals surface area contributed by atoms with Gasteiger partial charge in [0.05, 0.1) is 23.7 Å². The maximum absolute atomic E-state index is 13.0. The number of rotatable bonds is 6. The fourth-order valence-electron chi connectivity index (χ4n) is 6.39. The summed E-state index contributed by atoms with van der Waals surface area (Å²) >= 11 is 0. The number of fused-ring (bicyclic) bond motifs is 3. The number of carbonyl (C=O) groups excluding carboxylic acids is 1. The van der Waals surface area contributed by atoms with Crippen molar-refractivity contribution in [2.45, 2.75) is 24.7 Å². The number of methoxy groups -OCH3 is 1. The lowest BCUT2D eigenvalue weighted by atomic mass is 9.91. The number of aromatic nitrogens is 2. The van der Waals surface area contributed by atoms with E-state index in [1.54, 1.807) is 7.11 Å². The van der Waals surface area contributed by atoms with Crippen LogP contribution in [0, 0.1) is 0 Å². The van der Waals surface area contributed by atoms with Gasteiger partial charge in [-0.1, -0.05) is 37.3 Å². The minimum absolute atomic E-state index is 0.0818. The molecule has 7 heteroatoms. The molecule has 39 heavy (non-hydrogen) atoms. The fraction of sp³-hybridized carbons (Fsp3) is 0.312. The van der Waals surface area contributed by atoms with Crippen molar-refractivity contribution in [3.05, 3.63) is 83.0 Å². The number of hydrogen-bond acceptors (Lipinski definition) is 5. The minimum Gasteiger partial charge on any atom is -0.497 e. The summed E-state index contributed by atoms with van der Waals surface area (Å²) in [7, 11) is 1.66. The van der Waals surface area contributed by atoms with E-state index in [1.807, 2.05) is 18.2 Å². The molecule has 7 rings (SSSR count). The van der Waals surface area contributed by atoms with Gasteiger partial charge in [-0.3, -0.25) is 9.89 Å². The molecule has 2 fully saturated rings. The molecule has 0 bridgehead atoms. The first-order valence-corrected chi connectivity index (χ1v) is 13.8. The molecule has 198 valence electrons. The Kier molecular flexibility index (Phi) is 5.70. The van der Waals surface area contributed by atoms with Crippen molar-refractivity contribution in [2.75, 3.05) is 50.1 Å². The first-order valence-electron chi connectivity index (χ1n) is 13.8. The molecule has 1 amide bonds. The second kappa shape index (κ2) is 9.27. The lowest BCUT2D eigenvalue weighted by Crippen LogP contribution is -2.46. The van der Waals surface area contributed by atoms with Crippen LogP contribution in [0.2, 0.25) is 0 Å². The molecule has 1 aliphatic carbocycles. The number of ether oxygens (including phenoxy) is 1. The number of hydrogen-bond donors (Lipinski definition) is 2. The van der Waals surface area contributed by atoms with E-state index in [0.717, 1.165) is 83.9 Å². The number of benzene rings is 3. The molecule has 2 aliphatic heterocycles. The predicted octanol–water partition coefficient (Wildman–Crippen LogP) is 5.26. The average molecular weight is 520 g/mol. The SMILES string of the molecule is CCN1CCN(c2ccc(/C=C/c3n[nH]c4cc(C5CC56C(=O)Nc5ccc(OC)cc56)ccc34)cc2)CC1. The predicted molar refractivity (Wildman–Crippen MR) is 156 cm³/mol. The van der Waals surface area contributed by atoms with Gasteiger partial charge in [-0.15, -0.1) is 0 Å². The van der Waals surface area contributed by atoms with Gasteiger partial charge in [0.2, 0.25) is 5.91 Å². The fourth-order valence-corrected chi connectivity index (χ4v) is 6.39. The monoisotopic (exact) mass is 519 g/mol. The summed E-state index contributed by atoms with van der Waals surface area (Å²) in [5.41, 5.74) is 6.93. The van der Waals surface area contributed by atoms with Crippen LogP contribution in [0.1, 0.15) is 41.6 Å². The molecule has 7 nitrogen and oxygen atoms in total. The second-order valence-electron chi connectivity index (χ2n) is 10.9. The van der Waals surface area contributed by atoms with Crippen LogP contribution >= 0.6 is 0 Å². The number of H-pyrrole nitrogens is 1. The number of nitrogens with one attached hydrogen (secondary N) is 2. The van der Waals surface area contributed by atoms with Gasteiger partial charge in [0.15, 0.2) is 0 Å². The van der Waals surface area contributed by atoms with E-state index in [2.05, 4.69) is 86.9 Å². The molecule has 1 saturated heterocycles. The van der Waals surface area contributed by atoms with Crippen LogP contribution in [-0.4, -0.2) is 60.8 Å². The Morgan fingerprint density at radius 1 is 1.03 bits per heavy atom. The maximum Gasteiger partial charge on any atom is 0.235 e. The second-order valence-corrected chi connectivity index (χ2v) is 10.9. The highest BCUT2D eigenvalue weighted by atomic mass is 16.5. The number of likely N-dealkylation sites (N-methyl/N-ethyl adjacent to an activating group) is 1. The molecule has 4 aromatic rings. The average Bonchev–Trinajstić information content (AvgIpc) is 3.53. The van der Waals surface area contributed by atoms with Crippen molar-refractivity contribution in [3.63, 3.8) is 0 Å². The molecule has 3 heterocycles. The number of amides is 1. The van der Waals surface area contributed by atoms with Crippen molar-refractivity contribution in [3.8, 4) is 5.75 Å². The van der Waals surface area contributed by atoms with Gasteiger partial charge in [-0.2, -0.15) is 5.10 Å². The molecule has 0 radical (unpaired) electrons. The number of aromatic amines is 1. The third-order valence-electron chi connectivity index (χ3n) is 8.85. The van der Waals surface area contributed by atoms with E-state index < -0.39 is 5.41 Å². The normalized spacial score (nSPS) is 22.6. The van der Waals surface area contributed by atoms with Gasteiger partial charge in [0.25, 0.3) is 0 Å². The van der Waals surface area contributed by atoms with Crippen LogP contribution in [0.15, 0.2) is 60.7 Å². The highest BCUT2D eigenvalue weighted by Gasteiger charge is 2.65. The van der Waals surface area contributed by atoms with Crippen molar-refractivity contribution >= 4 is 40.3 Å². The summed E-state index contributed by atoms with van der Waals surface area (Å²) in [6.07, 6.45) is 4.99. The molecular weight excluding hydrogens is 486 g/mol. The minimum atomic E-state index is -0.504.